The van der Waals surface area contributed by atoms with Gasteiger partial charge in [-0.2, -0.15) is 0 Å². The second kappa shape index (κ2) is 7.94. The maximum Gasteiger partial charge on any atom is 0.410 e. The van der Waals surface area contributed by atoms with E-state index in [-0.39, 0.29) is 6.09 Å². The summed E-state index contributed by atoms with van der Waals surface area (Å²) in [7, 11) is 0. The van der Waals surface area contributed by atoms with Crippen molar-refractivity contribution in [3.05, 3.63) is 17.7 Å². The van der Waals surface area contributed by atoms with Crippen LogP contribution in [0.3, 0.4) is 0 Å². The van der Waals surface area contributed by atoms with E-state index in [0.717, 1.165) is 76.6 Å². The third-order valence-corrected chi connectivity index (χ3v) is 6.15. The Morgan fingerprint density at radius 3 is 2.45 bits per heavy atom. The van der Waals surface area contributed by atoms with Crippen molar-refractivity contribution < 1.29 is 14.3 Å². The SMILES string of the molecule is CC(C)(C)OC(=O)N1CCN(C2CCN(c3ccc(N)c4c3CCO4)CC2)CC1. The maximum absolute atomic E-state index is 12.3. The number of ether oxygens (including phenoxy) is 2. The highest BCUT2D eigenvalue weighted by Crippen LogP contribution is 2.39. The second-order valence-electron chi connectivity index (χ2n) is 9.30. The third-order valence-electron chi connectivity index (χ3n) is 6.15. The van der Waals surface area contributed by atoms with E-state index in [1.165, 1.54) is 11.3 Å². The molecule has 0 unspecified atom stereocenters. The summed E-state index contributed by atoms with van der Waals surface area (Å²) in [5.41, 5.74) is 8.95. The van der Waals surface area contributed by atoms with Crippen LogP contribution >= 0.6 is 0 Å². The van der Waals surface area contributed by atoms with Crippen LogP contribution in [-0.4, -0.2) is 73.4 Å². The van der Waals surface area contributed by atoms with Crippen LogP contribution in [-0.2, 0) is 11.2 Å². The average molecular weight is 403 g/mol. The fourth-order valence-electron chi connectivity index (χ4n) is 4.67. The summed E-state index contributed by atoms with van der Waals surface area (Å²) in [6, 6.07) is 4.72. The van der Waals surface area contributed by atoms with E-state index < -0.39 is 5.60 Å². The molecule has 2 N–H and O–H groups in total. The fraction of sp³-hybridized carbons (Fsp3) is 0.682. The average Bonchev–Trinajstić information content (AvgIpc) is 3.18. The number of piperazine rings is 1. The lowest BCUT2D eigenvalue weighted by molar-refractivity contribution is 0.00902. The highest BCUT2D eigenvalue weighted by molar-refractivity contribution is 5.70. The topological polar surface area (TPSA) is 71.3 Å². The van der Waals surface area contributed by atoms with Gasteiger partial charge in [0.15, 0.2) is 0 Å². The van der Waals surface area contributed by atoms with Crippen LogP contribution in [0.25, 0.3) is 0 Å². The molecule has 7 heteroatoms. The fourth-order valence-corrected chi connectivity index (χ4v) is 4.67. The molecule has 0 spiro atoms. The zero-order valence-corrected chi connectivity index (χ0v) is 17.9. The van der Waals surface area contributed by atoms with Crippen molar-refractivity contribution in [2.75, 3.05) is 56.5 Å². The molecule has 0 saturated carbocycles. The standard InChI is InChI=1S/C22H34N4O3/c1-22(2,3)29-21(27)26-13-11-24(12-14-26)16-6-9-25(10-7-16)19-5-4-18(23)20-17(19)8-15-28-20/h4-5,16H,6-15,23H2,1-3H3. The summed E-state index contributed by atoms with van der Waals surface area (Å²) in [4.78, 5) is 19.2. The molecular weight excluding hydrogens is 368 g/mol. The molecule has 1 amide bonds. The van der Waals surface area contributed by atoms with Crippen molar-refractivity contribution in [1.29, 1.82) is 0 Å². The zero-order valence-electron chi connectivity index (χ0n) is 17.9. The molecule has 4 rings (SSSR count). The van der Waals surface area contributed by atoms with E-state index in [4.69, 9.17) is 15.2 Å². The van der Waals surface area contributed by atoms with E-state index in [1.807, 2.05) is 31.7 Å². The first-order valence-electron chi connectivity index (χ1n) is 10.8. The van der Waals surface area contributed by atoms with Crippen molar-refractivity contribution >= 4 is 17.5 Å². The van der Waals surface area contributed by atoms with Crippen molar-refractivity contribution in [2.24, 2.45) is 0 Å². The van der Waals surface area contributed by atoms with Crippen LogP contribution in [0.1, 0.15) is 39.2 Å². The minimum absolute atomic E-state index is 0.189. The van der Waals surface area contributed by atoms with Crippen LogP contribution in [0, 0.1) is 0 Å². The molecule has 1 aromatic carbocycles. The van der Waals surface area contributed by atoms with Gasteiger partial charge >= 0.3 is 6.09 Å². The van der Waals surface area contributed by atoms with E-state index in [9.17, 15) is 4.79 Å². The van der Waals surface area contributed by atoms with Crippen LogP contribution in [0.4, 0.5) is 16.2 Å². The summed E-state index contributed by atoms with van der Waals surface area (Å²) in [6.45, 7) is 11.9. The number of benzene rings is 1. The van der Waals surface area contributed by atoms with Crippen LogP contribution in [0.15, 0.2) is 12.1 Å². The summed E-state index contributed by atoms with van der Waals surface area (Å²) >= 11 is 0. The molecule has 1 aromatic rings. The lowest BCUT2D eigenvalue weighted by Gasteiger charge is -2.43. The third kappa shape index (κ3) is 4.39. The van der Waals surface area contributed by atoms with Gasteiger partial charge in [0, 0.05) is 63.0 Å². The monoisotopic (exact) mass is 402 g/mol. The summed E-state index contributed by atoms with van der Waals surface area (Å²) < 4.78 is 11.2. The smallest absolute Gasteiger partial charge is 0.410 e. The van der Waals surface area contributed by atoms with E-state index in [1.54, 1.807) is 0 Å². The van der Waals surface area contributed by atoms with Gasteiger partial charge in [-0.1, -0.05) is 0 Å². The van der Waals surface area contributed by atoms with E-state index in [0.29, 0.717) is 6.04 Å². The number of rotatable bonds is 2. The molecule has 29 heavy (non-hydrogen) atoms. The molecule has 0 atom stereocenters. The molecule has 7 nitrogen and oxygen atoms in total. The Labute approximate surface area is 173 Å². The Hall–Kier alpha value is -2.15. The Balaban J connectivity index is 1.29. The molecule has 3 aliphatic heterocycles. The Morgan fingerprint density at radius 2 is 1.79 bits per heavy atom. The highest BCUT2D eigenvalue weighted by Gasteiger charge is 2.32. The number of carbonyl (C=O) groups is 1. The number of nitrogens with two attached hydrogens (primary N) is 1. The predicted octanol–water partition coefficient (Wildman–Crippen LogP) is 2.73. The molecule has 2 fully saturated rings. The van der Waals surface area contributed by atoms with Gasteiger partial charge in [-0.15, -0.1) is 0 Å². The first-order chi connectivity index (χ1) is 13.8. The Bertz CT molecular complexity index is 745. The van der Waals surface area contributed by atoms with Gasteiger partial charge in [-0.05, 0) is 45.7 Å². The van der Waals surface area contributed by atoms with Crippen molar-refractivity contribution in [2.45, 2.75) is 51.7 Å². The van der Waals surface area contributed by atoms with Gasteiger partial charge in [-0.25, -0.2) is 4.79 Å². The minimum Gasteiger partial charge on any atom is -0.491 e. The first-order valence-corrected chi connectivity index (χ1v) is 10.8. The molecule has 0 aliphatic carbocycles. The Morgan fingerprint density at radius 1 is 1.10 bits per heavy atom. The molecule has 2 saturated heterocycles. The van der Waals surface area contributed by atoms with Crippen molar-refractivity contribution in [3.8, 4) is 5.75 Å². The highest BCUT2D eigenvalue weighted by atomic mass is 16.6. The van der Waals surface area contributed by atoms with Crippen LogP contribution < -0.4 is 15.4 Å². The summed E-state index contributed by atoms with van der Waals surface area (Å²) in [6.07, 6.45) is 3.05. The number of hydrogen-bond donors (Lipinski definition) is 1. The van der Waals surface area contributed by atoms with Gasteiger partial charge in [0.05, 0.1) is 12.3 Å². The number of hydrogen-bond acceptors (Lipinski definition) is 6. The molecule has 3 heterocycles. The predicted molar refractivity (Wildman–Crippen MR) is 115 cm³/mol. The number of amides is 1. The number of fused-ring (bicyclic) bond motifs is 1. The van der Waals surface area contributed by atoms with Gasteiger partial charge in [-0.3, -0.25) is 4.90 Å². The largest absolute Gasteiger partial charge is 0.491 e. The van der Waals surface area contributed by atoms with E-state index in [2.05, 4.69) is 15.9 Å². The first kappa shape index (κ1) is 20.1. The molecular formula is C22H34N4O3. The van der Waals surface area contributed by atoms with E-state index >= 15 is 0 Å². The minimum atomic E-state index is -0.436. The van der Waals surface area contributed by atoms with Gasteiger partial charge in [0.2, 0.25) is 0 Å². The summed E-state index contributed by atoms with van der Waals surface area (Å²) in [5.74, 6) is 0.892. The van der Waals surface area contributed by atoms with Crippen LogP contribution in [0.5, 0.6) is 5.75 Å². The molecule has 160 valence electrons. The van der Waals surface area contributed by atoms with Gasteiger partial charge < -0.3 is 25.0 Å². The maximum atomic E-state index is 12.3. The molecule has 3 aliphatic rings. The van der Waals surface area contributed by atoms with Crippen LogP contribution in [0.2, 0.25) is 0 Å². The van der Waals surface area contributed by atoms with Crippen molar-refractivity contribution in [1.82, 2.24) is 9.80 Å². The van der Waals surface area contributed by atoms with Crippen molar-refractivity contribution in [3.63, 3.8) is 0 Å². The van der Waals surface area contributed by atoms with Gasteiger partial charge in [0.25, 0.3) is 0 Å². The quantitative estimate of drug-likeness (QED) is 0.767. The molecule has 0 bridgehead atoms. The molecule has 0 radical (unpaired) electrons. The number of nitrogens with zero attached hydrogens (tertiary/aromatic N) is 3. The number of piperidine rings is 1. The zero-order chi connectivity index (χ0) is 20.6. The number of nitrogen functional groups attached to an aromatic ring is 1. The number of anilines is 2. The van der Waals surface area contributed by atoms with Gasteiger partial charge in [0.1, 0.15) is 11.4 Å². The Kier molecular flexibility index (Phi) is 5.51. The summed E-state index contributed by atoms with van der Waals surface area (Å²) in [5, 5.41) is 0. The molecule has 0 aromatic heterocycles. The number of carbonyl (C=O) groups excluding carboxylic acids is 1. The lowest BCUT2D eigenvalue weighted by Crippen LogP contribution is -2.55. The normalized spacial score (nSPS) is 21.1. The lowest BCUT2D eigenvalue weighted by atomic mass is 9.99. The second-order valence-corrected chi connectivity index (χ2v) is 9.30.